The van der Waals surface area contributed by atoms with E-state index in [1.165, 1.54) is 30.4 Å². The predicted molar refractivity (Wildman–Crippen MR) is 59.9 cm³/mol. The Morgan fingerprint density at radius 1 is 1.07 bits per heavy atom. The molecule has 1 nitrogen and oxygen atoms in total. The first-order valence-corrected chi connectivity index (χ1v) is 5.90. The van der Waals surface area contributed by atoms with Crippen molar-refractivity contribution in [1.29, 1.82) is 0 Å². The van der Waals surface area contributed by atoms with Crippen molar-refractivity contribution in [2.75, 3.05) is 0 Å². The minimum absolute atomic E-state index is 0.228. The van der Waals surface area contributed by atoms with E-state index in [2.05, 4.69) is 24.3 Å². The molecule has 0 N–H and O–H groups in total. The van der Waals surface area contributed by atoms with E-state index in [0.717, 1.165) is 19.3 Å². The second-order valence-corrected chi connectivity index (χ2v) is 5.01. The lowest BCUT2D eigenvalue weighted by Crippen LogP contribution is -2.30. The Balaban J connectivity index is 2.04. The molecule has 0 aliphatic heterocycles. The smallest absolute Gasteiger partial charge is 0.133 e. The van der Waals surface area contributed by atoms with Crippen molar-refractivity contribution in [3.63, 3.8) is 0 Å². The van der Waals surface area contributed by atoms with Gasteiger partial charge in [0.05, 0.1) is 0 Å². The third kappa shape index (κ3) is 1.33. The molecule has 0 heterocycles. The van der Waals surface area contributed by atoms with Crippen LogP contribution < -0.4 is 0 Å². The van der Waals surface area contributed by atoms with Gasteiger partial charge in [-0.2, -0.15) is 0 Å². The highest BCUT2D eigenvalue weighted by Crippen LogP contribution is 2.47. The van der Waals surface area contributed by atoms with Gasteiger partial charge in [-0.1, -0.05) is 24.3 Å². The summed E-state index contributed by atoms with van der Waals surface area (Å²) in [5, 5.41) is 0. The number of carbonyl (C=O) groups is 1. The molecule has 0 radical (unpaired) electrons. The minimum Gasteiger partial charge on any atom is -0.300 e. The average Bonchev–Trinajstić information content (AvgIpc) is 2.59. The van der Waals surface area contributed by atoms with E-state index in [4.69, 9.17) is 0 Å². The fraction of sp³-hybridized carbons (Fsp3) is 0.500. The van der Waals surface area contributed by atoms with E-state index < -0.39 is 0 Å². The van der Waals surface area contributed by atoms with Crippen LogP contribution in [-0.2, 0) is 16.6 Å². The summed E-state index contributed by atoms with van der Waals surface area (Å²) in [6, 6.07) is 8.69. The van der Waals surface area contributed by atoms with Crippen LogP contribution >= 0.6 is 0 Å². The summed E-state index contributed by atoms with van der Waals surface area (Å²) in [5.74, 6) is 0.470. The van der Waals surface area contributed by atoms with E-state index in [9.17, 15) is 4.79 Å². The molecule has 2 aliphatic rings. The summed E-state index contributed by atoms with van der Waals surface area (Å²) in [6.45, 7) is 0. The standard InChI is InChI=1S/C14H16O/c15-12-5-3-8-14(10-12)9-7-11-4-1-2-6-13(11)14/h1-2,4,6H,3,5,7-10H2/t14-/m0/s1. The average molecular weight is 200 g/mol. The lowest BCUT2D eigenvalue weighted by Gasteiger charge is -2.33. The van der Waals surface area contributed by atoms with Gasteiger partial charge in [-0.25, -0.2) is 0 Å². The minimum atomic E-state index is 0.228. The van der Waals surface area contributed by atoms with Crippen molar-refractivity contribution in [3.8, 4) is 0 Å². The van der Waals surface area contributed by atoms with Gasteiger partial charge in [0.1, 0.15) is 5.78 Å². The Morgan fingerprint density at radius 3 is 2.80 bits per heavy atom. The van der Waals surface area contributed by atoms with Crippen molar-refractivity contribution in [3.05, 3.63) is 35.4 Å². The molecular formula is C14H16O. The molecule has 1 heteroatoms. The monoisotopic (exact) mass is 200 g/mol. The zero-order valence-electron chi connectivity index (χ0n) is 8.96. The van der Waals surface area contributed by atoms with Crippen LogP contribution in [0.15, 0.2) is 24.3 Å². The number of fused-ring (bicyclic) bond motifs is 2. The fourth-order valence-electron chi connectivity index (χ4n) is 3.39. The number of rotatable bonds is 0. The third-order valence-electron chi connectivity index (χ3n) is 4.11. The van der Waals surface area contributed by atoms with Gasteiger partial charge in [0.2, 0.25) is 0 Å². The van der Waals surface area contributed by atoms with Crippen molar-refractivity contribution in [2.24, 2.45) is 0 Å². The van der Waals surface area contributed by atoms with E-state index in [1.807, 2.05) is 0 Å². The number of hydrogen-bond acceptors (Lipinski definition) is 1. The third-order valence-corrected chi connectivity index (χ3v) is 4.11. The van der Waals surface area contributed by atoms with Crippen molar-refractivity contribution >= 4 is 5.78 Å². The van der Waals surface area contributed by atoms with Gasteiger partial charge in [0.25, 0.3) is 0 Å². The quantitative estimate of drug-likeness (QED) is 0.629. The summed E-state index contributed by atoms with van der Waals surface area (Å²) in [4.78, 5) is 11.6. The van der Waals surface area contributed by atoms with E-state index in [0.29, 0.717) is 5.78 Å². The summed E-state index contributed by atoms with van der Waals surface area (Å²) in [5.41, 5.74) is 3.18. The van der Waals surface area contributed by atoms with Crippen molar-refractivity contribution in [1.82, 2.24) is 0 Å². The number of ketones is 1. The molecule has 0 aromatic heterocycles. The van der Waals surface area contributed by atoms with Crippen LogP contribution in [0.3, 0.4) is 0 Å². The Hall–Kier alpha value is -1.11. The largest absolute Gasteiger partial charge is 0.300 e. The topological polar surface area (TPSA) is 17.1 Å². The van der Waals surface area contributed by atoms with Gasteiger partial charge >= 0.3 is 0 Å². The maximum Gasteiger partial charge on any atom is 0.133 e. The Morgan fingerprint density at radius 2 is 1.93 bits per heavy atom. The van der Waals surface area contributed by atoms with Gasteiger partial charge in [0.15, 0.2) is 0 Å². The number of Topliss-reactive ketones (excluding diaryl/α,β-unsaturated/α-hetero) is 1. The fourth-order valence-corrected chi connectivity index (χ4v) is 3.39. The number of carbonyl (C=O) groups excluding carboxylic acids is 1. The Labute approximate surface area is 90.5 Å². The van der Waals surface area contributed by atoms with E-state index in [1.54, 1.807) is 0 Å². The lowest BCUT2D eigenvalue weighted by molar-refractivity contribution is -0.122. The molecule has 78 valence electrons. The molecule has 15 heavy (non-hydrogen) atoms. The second kappa shape index (κ2) is 3.19. The highest BCUT2D eigenvalue weighted by Gasteiger charge is 2.41. The van der Waals surface area contributed by atoms with Crippen LogP contribution in [0.1, 0.15) is 43.2 Å². The maximum atomic E-state index is 11.6. The molecular weight excluding hydrogens is 184 g/mol. The van der Waals surface area contributed by atoms with Crippen molar-refractivity contribution < 1.29 is 4.79 Å². The first-order valence-electron chi connectivity index (χ1n) is 5.90. The Kier molecular flexibility index (Phi) is 1.95. The molecule has 1 atom stereocenters. The van der Waals surface area contributed by atoms with Crippen LogP contribution in [0, 0.1) is 0 Å². The Bertz CT molecular complexity index is 404. The number of aryl methyl sites for hydroxylation is 1. The van der Waals surface area contributed by atoms with Gasteiger partial charge < -0.3 is 0 Å². The molecule has 3 rings (SSSR count). The van der Waals surface area contributed by atoms with Crippen LogP contribution in [0.25, 0.3) is 0 Å². The lowest BCUT2D eigenvalue weighted by atomic mass is 9.70. The highest BCUT2D eigenvalue weighted by atomic mass is 16.1. The first kappa shape index (κ1) is 9.14. The van der Waals surface area contributed by atoms with E-state index >= 15 is 0 Å². The molecule has 0 saturated heterocycles. The van der Waals surface area contributed by atoms with Crippen LogP contribution in [0.2, 0.25) is 0 Å². The molecule has 1 spiro atoms. The molecule has 0 unspecified atom stereocenters. The van der Waals surface area contributed by atoms with Gasteiger partial charge in [0, 0.05) is 18.3 Å². The van der Waals surface area contributed by atoms with Crippen LogP contribution in [-0.4, -0.2) is 5.78 Å². The molecule has 1 saturated carbocycles. The normalized spacial score (nSPS) is 29.5. The summed E-state index contributed by atoms with van der Waals surface area (Å²) < 4.78 is 0. The highest BCUT2D eigenvalue weighted by molar-refractivity contribution is 5.81. The number of hydrogen-bond donors (Lipinski definition) is 0. The number of benzene rings is 1. The van der Waals surface area contributed by atoms with E-state index in [-0.39, 0.29) is 5.41 Å². The zero-order valence-corrected chi connectivity index (χ0v) is 8.96. The van der Waals surface area contributed by atoms with Gasteiger partial charge in [-0.3, -0.25) is 4.79 Å². The second-order valence-electron chi connectivity index (χ2n) is 5.01. The molecule has 1 fully saturated rings. The molecule has 0 bridgehead atoms. The molecule has 2 aliphatic carbocycles. The predicted octanol–water partition coefficient (Wildman–Crippen LogP) is 3.01. The molecule has 1 aromatic carbocycles. The summed E-state index contributed by atoms with van der Waals surface area (Å²) in [6.07, 6.45) is 6.28. The SMILES string of the molecule is O=C1CCC[C@]2(CCc3ccccc32)C1. The summed E-state index contributed by atoms with van der Waals surface area (Å²) >= 11 is 0. The zero-order chi connectivity index (χ0) is 10.3. The molecule has 0 amide bonds. The summed E-state index contributed by atoms with van der Waals surface area (Å²) in [7, 11) is 0. The van der Waals surface area contributed by atoms with Crippen LogP contribution in [0.4, 0.5) is 0 Å². The van der Waals surface area contributed by atoms with Gasteiger partial charge in [-0.15, -0.1) is 0 Å². The van der Waals surface area contributed by atoms with Gasteiger partial charge in [-0.05, 0) is 36.8 Å². The molecule has 1 aromatic rings. The first-order chi connectivity index (χ1) is 7.30. The van der Waals surface area contributed by atoms with Crippen LogP contribution in [0.5, 0.6) is 0 Å². The maximum absolute atomic E-state index is 11.6. The van der Waals surface area contributed by atoms with Crippen molar-refractivity contribution in [2.45, 2.75) is 43.9 Å².